The minimum absolute atomic E-state index is 0.0512. The zero-order chi connectivity index (χ0) is 19.6. The first-order chi connectivity index (χ1) is 13.6. The molecule has 1 aliphatic heterocycles. The van der Waals surface area contributed by atoms with Crippen molar-refractivity contribution in [1.82, 2.24) is 14.6 Å². The zero-order valence-corrected chi connectivity index (χ0v) is 16.8. The summed E-state index contributed by atoms with van der Waals surface area (Å²) in [6.45, 7) is 3.20. The molecule has 0 radical (unpaired) electrons. The van der Waals surface area contributed by atoms with E-state index in [2.05, 4.69) is 33.8 Å². The van der Waals surface area contributed by atoms with Gasteiger partial charge in [0.2, 0.25) is 0 Å². The van der Waals surface area contributed by atoms with Gasteiger partial charge in [-0.1, -0.05) is 41.9 Å². The van der Waals surface area contributed by atoms with E-state index in [9.17, 15) is 0 Å². The Morgan fingerprint density at radius 3 is 2.79 bits per heavy atom. The summed E-state index contributed by atoms with van der Waals surface area (Å²) in [4.78, 5) is 10.4. The van der Waals surface area contributed by atoms with E-state index in [1.807, 2.05) is 55.8 Å². The largest absolute Gasteiger partial charge is 0.491 e. The summed E-state index contributed by atoms with van der Waals surface area (Å²) in [7, 11) is 2.00. The first-order valence-electron chi connectivity index (χ1n) is 9.38. The van der Waals surface area contributed by atoms with Crippen LogP contribution in [-0.4, -0.2) is 34.4 Å². The van der Waals surface area contributed by atoms with E-state index in [0.29, 0.717) is 6.61 Å². The van der Waals surface area contributed by atoms with Crippen LogP contribution in [0.1, 0.15) is 17.5 Å². The van der Waals surface area contributed by atoms with Gasteiger partial charge in [0, 0.05) is 37.4 Å². The third-order valence-corrected chi connectivity index (χ3v) is 5.78. The van der Waals surface area contributed by atoms with Crippen LogP contribution in [0.25, 0.3) is 0 Å². The van der Waals surface area contributed by atoms with Crippen molar-refractivity contribution in [2.24, 2.45) is 0 Å². The van der Waals surface area contributed by atoms with E-state index in [0.717, 1.165) is 29.3 Å². The van der Waals surface area contributed by atoms with E-state index in [-0.39, 0.29) is 11.6 Å². The average molecular weight is 398 g/mol. The van der Waals surface area contributed by atoms with Crippen LogP contribution in [0.15, 0.2) is 67.3 Å². The fraction of sp³-hybridized carbons (Fsp3) is 0.318. The number of benzene rings is 2. The summed E-state index contributed by atoms with van der Waals surface area (Å²) in [5.41, 5.74) is 1.93. The van der Waals surface area contributed by atoms with Gasteiger partial charge in [-0.2, -0.15) is 5.06 Å². The Labute approximate surface area is 170 Å². The van der Waals surface area contributed by atoms with Gasteiger partial charge < -0.3 is 9.30 Å². The van der Waals surface area contributed by atoms with Gasteiger partial charge in [0.05, 0.1) is 11.9 Å². The summed E-state index contributed by atoms with van der Waals surface area (Å²) >= 11 is 6.11. The summed E-state index contributed by atoms with van der Waals surface area (Å²) in [5, 5.41) is 2.72. The highest BCUT2D eigenvalue weighted by Gasteiger charge is 2.47. The molecule has 6 heteroatoms. The van der Waals surface area contributed by atoms with Crippen molar-refractivity contribution in [1.29, 1.82) is 0 Å². The molecule has 2 heterocycles. The third-order valence-electron chi connectivity index (χ3n) is 5.36. The summed E-state index contributed by atoms with van der Waals surface area (Å²) in [6, 6.07) is 16.2. The van der Waals surface area contributed by atoms with E-state index in [1.165, 1.54) is 5.56 Å². The van der Waals surface area contributed by atoms with Gasteiger partial charge >= 0.3 is 0 Å². The van der Waals surface area contributed by atoms with Gasteiger partial charge in [-0.15, -0.1) is 0 Å². The van der Waals surface area contributed by atoms with Gasteiger partial charge in [-0.3, -0.25) is 4.84 Å². The van der Waals surface area contributed by atoms with Crippen LogP contribution in [0.5, 0.6) is 5.75 Å². The lowest BCUT2D eigenvalue weighted by Gasteiger charge is -2.34. The zero-order valence-electron chi connectivity index (χ0n) is 16.1. The molecule has 5 nitrogen and oxygen atoms in total. The highest BCUT2D eigenvalue weighted by Crippen LogP contribution is 2.41. The molecule has 1 aliphatic rings. The molecule has 0 N–H and O–H groups in total. The Morgan fingerprint density at radius 2 is 2.07 bits per heavy atom. The van der Waals surface area contributed by atoms with Crippen molar-refractivity contribution in [3.63, 3.8) is 0 Å². The van der Waals surface area contributed by atoms with Crippen LogP contribution in [0, 0.1) is 6.92 Å². The van der Waals surface area contributed by atoms with Crippen LogP contribution >= 0.6 is 11.6 Å². The highest BCUT2D eigenvalue weighted by atomic mass is 35.5. The van der Waals surface area contributed by atoms with Crippen LogP contribution in [-0.2, 0) is 16.9 Å². The minimum atomic E-state index is -0.286. The molecular formula is C22H24ClN3O2. The number of hydrogen-bond acceptors (Lipinski definition) is 4. The van der Waals surface area contributed by atoms with Gasteiger partial charge in [-0.25, -0.2) is 4.98 Å². The molecular weight excluding hydrogens is 374 g/mol. The molecule has 1 fully saturated rings. The number of ether oxygens (including phenoxy) is 1. The lowest BCUT2D eigenvalue weighted by Crippen LogP contribution is -2.41. The van der Waals surface area contributed by atoms with Crippen LogP contribution in [0.4, 0.5) is 0 Å². The molecule has 1 aromatic heterocycles. The molecule has 28 heavy (non-hydrogen) atoms. The maximum absolute atomic E-state index is 6.20. The molecule has 0 bridgehead atoms. The third kappa shape index (κ3) is 3.78. The van der Waals surface area contributed by atoms with Crippen molar-refractivity contribution in [3.05, 3.63) is 83.4 Å². The van der Waals surface area contributed by atoms with E-state index < -0.39 is 0 Å². The molecule has 1 saturated heterocycles. The van der Waals surface area contributed by atoms with E-state index in [1.54, 1.807) is 6.20 Å². The van der Waals surface area contributed by atoms with Crippen molar-refractivity contribution in [2.75, 3.05) is 13.7 Å². The first-order valence-corrected chi connectivity index (χ1v) is 9.75. The second-order valence-corrected chi connectivity index (χ2v) is 7.69. The molecule has 0 amide bonds. The lowest BCUT2D eigenvalue weighted by atomic mass is 9.85. The highest BCUT2D eigenvalue weighted by molar-refractivity contribution is 6.31. The number of imidazole rings is 1. The number of aromatic nitrogens is 2. The van der Waals surface area contributed by atoms with Gasteiger partial charge in [-0.05, 0) is 36.2 Å². The Balaban J connectivity index is 1.53. The van der Waals surface area contributed by atoms with Crippen LogP contribution < -0.4 is 4.74 Å². The topological polar surface area (TPSA) is 39.5 Å². The fourth-order valence-electron chi connectivity index (χ4n) is 3.84. The monoisotopic (exact) mass is 397 g/mol. The lowest BCUT2D eigenvalue weighted by molar-refractivity contribution is -0.179. The van der Waals surface area contributed by atoms with Crippen LogP contribution in [0.3, 0.4) is 0 Å². The first kappa shape index (κ1) is 19.0. The van der Waals surface area contributed by atoms with Crippen LogP contribution in [0.2, 0.25) is 5.02 Å². The van der Waals surface area contributed by atoms with Crippen molar-refractivity contribution in [3.8, 4) is 5.75 Å². The predicted molar refractivity (Wildman–Crippen MR) is 109 cm³/mol. The smallest absolute Gasteiger partial charge is 0.119 e. The summed E-state index contributed by atoms with van der Waals surface area (Å²) < 4.78 is 8.10. The van der Waals surface area contributed by atoms with Crippen molar-refractivity contribution < 1.29 is 9.57 Å². The number of likely N-dealkylation sites (N-methyl/N-ethyl adjacent to an activating group) is 1. The summed E-state index contributed by atoms with van der Waals surface area (Å²) in [6.07, 6.45) is 6.40. The molecule has 2 unspecified atom stereocenters. The second-order valence-electron chi connectivity index (χ2n) is 7.28. The molecule has 0 aliphatic carbocycles. The van der Waals surface area contributed by atoms with E-state index in [4.69, 9.17) is 21.2 Å². The molecule has 2 aromatic carbocycles. The predicted octanol–water partition coefficient (Wildman–Crippen LogP) is 4.46. The number of hydrogen-bond donors (Lipinski definition) is 0. The minimum Gasteiger partial charge on any atom is -0.491 e. The quantitative estimate of drug-likeness (QED) is 0.615. The molecule has 0 spiro atoms. The molecule has 146 valence electrons. The number of nitrogens with zero attached hydrogens (tertiary/aromatic N) is 3. The number of aryl methyl sites for hydroxylation is 1. The number of hydroxylamine groups is 2. The normalized spacial score (nSPS) is 22.5. The number of rotatable bonds is 6. The number of halogens is 1. The van der Waals surface area contributed by atoms with Crippen molar-refractivity contribution >= 4 is 11.6 Å². The van der Waals surface area contributed by atoms with Gasteiger partial charge in [0.1, 0.15) is 18.5 Å². The average Bonchev–Trinajstić information content (AvgIpc) is 3.32. The molecule has 0 saturated carbocycles. The Kier molecular flexibility index (Phi) is 5.40. The Hall–Kier alpha value is -2.34. The maximum Gasteiger partial charge on any atom is 0.119 e. The Morgan fingerprint density at radius 1 is 1.25 bits per heavy atom. The fourth-order valence-corrected chi connectivity index (χ4v) is 3.96. The maximum atomic E-state index is 6.20. The molecule has 3 aromatic rings. The standard InChI is InChI=1S/C22H24ClN3O2/c1-17-12-19(8-9-21(17)23)27-14-20-13-22(25(2)28-20,15-26-11-10-24-16-26)18-6-4-3-5-7-18/h3-12,16,20H,13-15H2,1-2H3. The van der Waals surface area contributed by atoms with Crippen molar-refractivity contribution in [2.45, 2.75) is 31.5 Å². The van der Waals surface area contributed by atoms with E-state index >= 15 is 0 Å². The molecule has 4 rings (SSSR count). The Bertz CT molecular complexity index is 917. The van der Waals surface area contributed by atoms with Gasteiger partial charge in [0.25, 0.3) is 0 Å². The summed E-state index contributed by atoms with van der Waals surface area (Å²) in [5.74, 6) is 0.806. The molecule has 2 atom stereocenters. The van der Waals surface area contributed by atoms with Gasteiger partial charge in [0.15, 0.2) is 0 Å². The second kappa shape index (κ2) is 7.95. The SMILES string of the molecule is Cc1cc(OCC2CC(Cn3ccnc3)(c3ccccc3)N(C)O2)ccc1Cl.